The minimum Gasteiger partial charge on any atom is -0.396 e. The number of hydrogen-bond acceptors (Lipinski definition) is 4. The van der Waals surface area contributed by atoms with Gasteiger partial charge < -0.3 is 5.11 Å². The Bertz CT molecular complexity index is 532. The van der Waals surface area contributed by atoms with Crippen LogP contribution in [0.15, 0.2) is 29.2 Å². The molecule has 0 radical (unpaired) electrons. The number of benzene rings is 1. The lowest BCUT2D eigenvalue weighted by Gasteiger charge is -2.11. The molecule has 0 aliphatic rings. The SMILES string of the molecule is CC(CCO)CNS(=O)(=O)c1ccc(CC#N)cc1. The van der Waals surface area contributed by atoms with Gasteiger partial charge in [-0.2, -0.15) is 5.26 Å². The summed E-state index contributed by atoms with van der Waals surface area (Å²) in [5, 5.41) is 17.3. The number of aliphatic hydroxyl groups is 1. The largest absolute Gasteiger partial charge is 0.396 e. The van der Waals surface area contributed by atoms with Gasteiger partial charge in [0.1, 0.15) is 0 Å². The molecule has 2 N–H and O–H groups in total. The minimum absolute atomic E-state index is 0.0474. The molecule has 0 spiro atoms. The van der Waals surface area contributed by atoms with Gasteiger partial charge in [-0.15, -0.1) is 0 Å². The molecule has 0 heterocycles. The first-order valence-electron chi connectivity index (χ1n) is 6.06. The summed E-state index contributed by atoms with van der Waals surface area (Å²) in [6, 6.07) is 8.26. The lowest BCUT2D eigenvalue weighted by molar-refractivity contribution is 0.263. The van der Waals surface area contributed by atoms with Crippen LogP contribution in [-0.4, -0.2) is 26.7 Å². The van der Waals surface area contributed by atoms with Gasteiger partial charge >= 0.3 is 0 Å². The molecule has 0 saturated carbocycles. The van der Waals surface area contributed by atoms with Crippen LogP contribution < -0.4 is 4.72 Å². The van der Waals surface area contributed by atoms with Crippen molar-refractivity contribution >= 4 is 10.0 Å². The van der Waals surface area contributed by atoms with Crippen LogP contribution in [0.3, 0.4) is 0 Å². The Kier molecular flexibility index (Phi) is 5.96. The van der Waals surface area contributed by atoms with Crippen molar-refractivity contribution in [3.8, 4) is 6.07 Å². The van der Waals surface area contributed by atoms with Gasteiger partial charge in [-0.05, 0) is 30.0 Å². The molecular weight excluding hydrogens is 264 g/mol. The van der Waals surface area contributed by atoms with Gasteiger partial charge in [0, 0.05) is 13.2 Å². The Morgan fingerprint density at radius 2 is 2.00 bits per heavy atom. The van der Waals surface area contributed by atoms with Crippen molar-refractivity contribution in [1.82, 2.24) is 4.72 Å². The highest BCUT2D eigenvalue weighted by molar-refractivity contribution is 7.89. The molecule has 0 amide bonds. The Morgan fingerprint density at radius 3 is 2.53 bits per heavy atom. The lowest BCUT2D eigenvalue weighted by atomic mass is 10.1. The summed E-state index contributed by atoms with van der Waals surface area (Å²) in [7, 11) is -3.52. The van der Waals surface area contributed by atoms with Crippen LogP contribution in [0.2, 0.25) is 0 Å². The average molecular weight is 282 g/mol. The molecule has 1 aromatic rings. The quantitative estimate of drug-likeness (QED) is 0.782. The van der Waals surface area contributed by atoms with Gasteiger partial charge in [0.15, 0.2) is 0 Å². The maximum atomic E-state index is 12.0. The van der Waals surface area contributed by atoms with Crippen molar-refractivity contribution in [1.29, 1.82) is 5.26 Å². The predicted molar refractivity (Wildman–Crippen MR) is 71.8 cm³/mol. The van der Waals surface area contributed by atoms with Crippen LogP contribution in [0.25, 0.3) is 0 Å². The molecule has 5 nitrogen and oxygen atoms in total. The monoisotopic (exact) mass is 282 g/mol. The molecule has 104 valence electrons. The van der Waals surface area contributed by atoms with E-state index in [2.05, 4.69) is 4.72 Å². The zero-order valence-corrected chi connectivity index (χ0v) is 11.7. The summed E-state index contributed by atoms with van der Waals surface area (Å²) >= 11 is 0. The van der Waals surface area contributed by atoms with Gasteiger partial charge in [-0.25, -0.2) is 13.1 Å². The number of nitrogens with zero attached hydrogens (tertiary/aromatic N) is 1. The third kappa shape index (κ3) is 4.99. The molecule has 0 bridgehead atoms. The molecule has 0 aliphatic carbocycles. The number of aliphatic hydroxyl groups excluding tert-OH is 1. The number of rotatable bonds is 7. The number of sulfonamides is 1. The highest BCUT2D eigenvalue weighted by atomic mass is 32.2. The third-order valence-electron chi connectivity index (χ3n) is 2.76. The van der Waals surface area contributed by atoms with E-state index in [1.54, 1.807) is 12.1 Å². The van der Waals surface area contributed by atoms with Gasteiger partial charge in [0.2, 0.25) is 10.0 Å². The summed E-state index contributed by atoms with van der Waals surface area (Å²) in [5.41, 5.74) is 0.787. The predicted octanol–water partition coefficient (Wildman–Crippen LogP) is 1.05. The summed E-state index contributed by atoms with van der Waals surface area (Å²) in [4.78, 5) is 0.186. The number of nitriles is 1. The van der Waals surface area contributed by atoms with Crippen molar-refractivity contribution < 1.29 is 13.5 Å². The van der Waals surface area contributed by atoms with Gasteiger partial charge in [-0.1, -0.05) is 19.1 Å². The number of hydrogen-bond donors (Lipinski definition) is 2. The zero-order valence-electron chi connectivity index (χ0n) is 10.8. The second kappa shape index (κ2) is 7.24. The molecule has 1 atom stereocenters. The molecule has 1 unspecified atom stereocenters. The molecule has 0 saturated heterocycles. The maximum Gasteiger partial charge on any atom is 0.240 e. The molecule has 1 aromatic carbocycles. The fraction of sp³-hybridized carbons (Fsp3) is 0.462. The van der Waals surface area contributed by atoms with Gasteiger partial charge in [-0.3, -0.25) is 0 Å². The highest BCUT2D eigenvalue weighted by Gasteiger charge is 2.14. The van der Waals surface area contributed by atoms with E-state index in [4.69, 9.17) is 10.4 Å². The van der Waals surface area contributed by atoms with Gasteiger partial charge in [0.25, 0.3) is 0 Å². The van der Waals surface area contributed by atoms with Crippen LogP contribution >= 0.6 is 0 Å². The molecule has 0 fully saturated rings. The standard InChI is InChI=1S/C13H18N2O3S/c1-11(7-9-16)10-15-19(17,18)13-4-2-12(3-5-13)6-8-14/h2-5,11,15-16H,6-7,9-10H2,1H3. The first-order chi connectivity index (χ1) is 8.99. The van der Waals surface area contributed by atoms with Gasteiger partial charge in [0.05, 0.1) is 17.4 Å². The Morgan fingerprint density at radius 1 is 1.37 bits per heavy atom. The average Bonchev–Trinajstić information content (AvgIpc) is 2.38. The van der Waals surface area contributed by atoms with E-state index in [1.165, 1.54) is 12.1 Å². The second-order valence-electron chi connectivity index (χ2n) is 4.45. The Balaban J connectivity index is 2.69. The minimum atomic E-state index is -3.52. The fourth-order valence-electron chi connectivity index (χ4n) is 1.54. The summed E-state index contributed by atoms with van der Waals surface area (Å²) < 4.78 is 26.5. The topological polar surface area (TPSA) is 90.2 Å². The van der Waals surface area contributed by atoms with E-state index in [0.29, 0.717) is 13.0 Å². The smallest absolute Gasteiger partial charge is 0.240 e. The van der Waals surface area contributed by atoms with Crippen molar-refractivity contribution in [2.24, 2.45) is 5.92 Å². The van der Waals surface area contributed by atoms with Crippen LogP contribution in [0, 0.1) is 17.2 Å². The molecule has 6 heteroatoms. The Labute approximate surface area is 113 Å². The molecule has 0 aliphatic heterocycles. The van der Waals surface area contributed by atoms with Crippen LogP contribution in [0.4, 0.5) is 0 Å². The summed E-state index contributed by atoms with van der Waals surface area (Å²) in [6.45, 7) is 2.21. The first-order valence-corrected chi connectivity index (χ1v) is 7.54. The fourth-order valence-corrected chi connectivity index (χ4v) is 2.70. The van der Waals surface area contributed by atoms with Crippen molar-refractivity contribution in [3.05, 3.63) is 29.8 Å². The van der Waals surface area contributed by atoms with E-state index in [1.807, 2.05) is 13.0 Å². The zero-order chi connectivity index (χ0) is 14.3. The van der Waals surface area contributed by atoms with E-state index < -0.39 is 10.0 Å². The van der Waals surface area contributed by atoms with Crippen molar-refractivity contribution in [2.75, 3.05) is 13.2 Å². The van der Waals surface area contributed by atoms with E-state index >= 15 is 0 Å². The highest BCUT2D eigenvalue weighted by Crippen LogP contribution is 2.11. The second-order valence-corrected chi connectivity index (χ2v) is 6.22. The van der Waals surface area contributed by atoms with E-state index in [9.17, 15) is 8.42 Å². The molecule has 1 rings (SSSR count). The lowest BCUT2D eigenvalue weighted by Crippen LogP contribution is -2.28. The molecule has 0 aromatic heterocycles. The van der Waals surface area contributed by atoms with Crippen molar-refractivity contribution in [3.63, 3.8) is 0 Å². The molecule has 19 heavy (non-hydrogen) atoms. The number of nitrogens with one attached hydrogen (secondary N) is 1. The normalized spacial score (nSPS) is 12.9. The third-order valence-corrected chi connectivity index (χ3v) is 4.20. The van der Waals surface area contributed by atoms with Crippen molar-refractivity contribution in [2.45, 2.75) is 24.7 Å². The van der Waals surface area contributed by atoms with Crippen LogP contribution in [0.1, 0.15) is 18.9 Å². The van der Waals surface area contributed by atoms with E-state index in [-0.39, 0.29) is 23.8 Å². The Hall–Kier alpha value is -1.42. The first kappa shape index (κ1) is 15.6. The summed E-state index contributed by atoms with van der Waals surface area (Å²) in [5.74, 6) is 0.0811. The summed E-state index contributed by atoms with van der Waals surface area (Å²) in [6.07, 6.45) is 0.824. The van der Waals surface area contributed by atoms with Crippen LogP contribution in [0.5, 0.6) is 0 Å². The maximum absolute atomic E-state index is 12.0. The molecular formula is C13H18N2O3S. The van der Waals surface area contributed by atoms with Crippen LogP contribution in [-0.2, 0) is 16.4 Å². The van der Waals surface area contributed by atoms with E-state index in [0.717, 1.165) is 5.56 Å².